The first-order chi connectivity index (χ1) is 21.7. The Morgan fingerprint density at radius 2 is 2.09 bits per heavy atom. The summed E-state index contributed by atoms with van der Waals surface area (Å²) in [7, 11) is 2.12. The summed E-state index contributed by atoms with van der Waals surface area (Å²) in [5.74, 6) is 1.44. The molecule has 0 unspecified atom stereocenters. The van der Waals surface area contributed by atoms with Crippen LogP contribution in [0.25, 0.3) is 11.5 Å². The SMILES string of the molecule is C=CC(=O)N1CCN(c2cc(-c3noc([C@@]4(C)CCCc5sc(N)c(C#N)c54)n3)nc(O[C@@H](C)[C@@H]3CCCN3C)n2)CC12CC2. The number of hydrogen-bond acceptors (Lipinski definition) is 12. The molecule has 12 nitrogen and oxygen atoms in total. The number of nitriles is 1. The molecule has 3 aromatic rings. The van der Waals surface area contributed by atoms with Gasteiger partial charge in [0.15, 0.2) is 0 Å². The Hall–Kier alpha value is -4.02. The molecule has 5 heterocycles. The second-order valence-corrected chi connectivity index (χ2v) is 14.2. The summed E-state index contributed by atoms with van der Waals surface area (Å²) >= 11 is 1.47. The Morgan fingerprint density at radius 1 is 1.27 bits per heavy atom. The third kappa shape index (κ3) is 5.04. The number of carbonyl (C=O) groups excluding carboxylic acids is 1. The van der Waals surface area contributed by atoms with E-state index in [1.54, 1.807) is 0 Å². The number of amides is 1. The molecule has 7 rings (SSSR count). The minimum absolute atomic E-state index is 0.0281. The molecular weight excluding hydrogens is 590 g/mol. The summed E-state index contributed by atoms with van der Waals surface area (Å²) < 4.78 is 12.4. The third-order valence-corrected chi connectivity index (χ3v) is 11.3. The van der Waals surface area contributed by atoms with Crippen molar-refractivity contribution < 1.29 is 14.1 Å². The first-order valence-corrected chi connectivity index (χ1v) is 16.6. The first kappa shape index (κ1) is 29.7. The molecule has 13 heteroatoms. The number of anilines is 2. The van der Waals surface area contributed by atoms with Gasteiger partial charge in [-0.25, -0.2) is 0 Å². The van der Waals surface area contributed by atoms with Crippen molar-refractivity contribution in [2.45, 2.75) is 81.9 Å². The van der Waals surface area contributed by atoms with Crippen LogP contribution in [0, 0.1) is 11.3 Å². The lowest BCUT2D eigenvalue weighted by molar-refractivity contribution is -0.129. The van der Waals surface area contributed by atoms with E-state index < -0.39 is 5.41 Å². The van der Waals surface area contributed by atoms with Crippen LogP contribution < -0.4 is 15.4 Å². The molecule has 1 spiro atoms. The van der Waals surface area contributed by atoms with Gasteiger partial charge in [0, 0.05) is 42.2 Å². The number of carbonyl (C=O) groups is 1. The lowest BCUT2D eigenvalue weighted by atomic mass is 9.72. The number of nitrogen functional groups attached to an aromatic ring is 1. The van der Waals surface area contributed by atoms with Gasteiger partial charge in [-0.1, -0.05) is 11.7 Å². The zero-order valence-electron chi connectivity index (χ0n) is 26.1. The maximum absolute atomic E-state index is 12.6. The molecule has 2 aliphatic heterocycles. The predicted molar refractivity (Wildman–Crippen MR) is 170 cm³/mol. The van der Waals surface area contributed by atoms with Crippen molar-refractivity contribution in [3.63, 3.8) is 0 Å². The number of rotatable bonds is 7. The van der Waals surface area contributed by atoms with Gasteiger partial charge in [0.1, 0.15) is 28.7 Å². The number of hydrogen-bond donors (Lipinski definition) is 1. The number of fused-ring (bicyclic) bond motifs is 1. The van der Waals surface area contributed by atoms with Gasteiger partial charge in [0.25, 0.3) is 0 Å². The second-order valence-electron chi connectivity index (χ2n) is 13.1. The van der Waals surface area contributed by atoms with Crippen LogP contribution in [0.5, 0.6) is 6.01 Å². The number of thiophene rings is 1. The number of aryl methyl sites for hydroxylation is 1. The van der Waals surface area contributed by atoms with Crippen molar-refractivity contribution in [1.29, 1.82) is 5.26 Å². The quantitative estimate of drug-likeness (QED) is 0.379. The molecule has 1 saturated carbocycles. The van der Waals surface area contributed by atoms with Gasteiger partial charge in [0.2, 0.25) is 17.6 Å². The number of piperazine rings is 1. The molecule has 0 radical (unpaired) electrons. The smallest absolute Gasteiger partial charge is 0.319 e. The zero-order chi connectivity index (χ0) is 31.5. The van der Waals surface area contributed by atoms with E-state index in [0.717, 1.165) is 61.9 Å². The average molecular weight is 630 g/mol. The Bertz CT molecular complexity index is 1690. The van der Waals surface area contributed by atoms with Gasteiger partial charge in [0.05, 0.1) is 16.5 Å². The number of aromatic nitrogens is 4. The number of nitrogens with zero attached hydrogens (tertiary/aromatic N) is 8. The van der Waals surface area contributed by atoms with Crippen LogP contribution in [0.3, 0.4) is 0 Å². The second kappa shape index (κ2) is 11.1. The van der Waals surface area contributed by atoms with Crippen molar-refractivity contribution >= 4 is 28.1 Å². The Morgan fingerprint density at radius 3 is 2.80 bits per heavy atom. The Balaban J connectivity index is 1.24. The number of nitrogens with two attached hydrogens (primary N) is 1. The van der Waals surface area contributed by atoms with Crippen LogP contribution in [0.15, 0.2) is 23.2 Å². The fourth-order valence-electron chi connectivity index (χ4n) is 7.58. The minimum atomic E-state index is -0.638. The van der Waals surface area contributed by atoms with E-state index in [-0.39, 0.29) is 29.6 Å². The van der Waals surface area contributed by atoms with Gasteiger partial charge in [-0.2, -0.15) is 20.2 Å². The van der Waals surface area contributed by atoms with Gasteiger partial charge in [-0.15, -0.1) is 11.3 Å². The van der Waals surface area contributed by atoms with E-state index in [0.29, 0.717) is 53.4 Å². The molecule has 0 aromatic carbocycles. The number of likely N-dealkylation sites (N-methyl/N-ethyl adjacent to an activating group) is 1. The maximum atomic E-state index is 12.6. The first-order valence-electron chi connectivity index (χ1n) is 15.8. The van der Waals surface area contributed by atoms with E-state index in [9.17, 15) is 10.1 Å². The molecule has 2 aliphatic carbocycles. The summed E-state index contributed by atoms with van der Waals surface area (Å²) in [5, 5.41) is 14.8. The van der Waals surface area contributed by atoms with Crippen molar-refractivity contribution in [1.82, 2.24) is 29.9 Å². The summed E-state index contributed by atoms with van der Waals surface area (Å²) in [4.78, 5) is 34.7. The molecule has 4 aliphatic rings. The van der Waals surface area contributed by atoms with E-state index in [1.807, 2.05) is 17.9 Å². The molecular formula is C32H39N9O3S. The fourth-order valence-corrected chi connectivity index (χ4v) is 8.77. The largest absolute Gasteiger partial charge is 0.459 e. The molecule has 1 amide bonds. The molecule has 2 saturated heterocycles. The van der Waals surface area contributed by atoms with Crippen LogP contribution in [-0.4, -0.2) is 86.7 Å². The lowest BCUT2D eigenvalue weighted by Gasteiger charge is -2.42. The van der Waals surface area contributed by atoms with Gasteiger partial charge in [-0.3, -0.25) is 9.69 Å². The molecule has 236 valence electrons. The normalized spacial score (nSPS) is 24.7. The van der Waals surface area contributed by atoms with Crippen LogP contribution in [0.2, 0.25) is 0 Å². The van der Waals surface area contributed by atoms with Crippen molar-refractivity contribution in [3.05, 3.63) is 40.6 Å². The standard InChI is InChI=1S/C32H39N9O3S/c1-5-25(42)41-15-14-40(18-32(41)11-12-32)24-16-21(35-30(36-24)43-19(2)22-8-7-13-39(22)4)28-37-29(44-38-28)31(3)10-6-9-23-26(31)20(17-33)27(34)45-23/h5,16,19,22H,1,6-15,18,34H2,2-4H3/t19-,22-,31-/m0/s1. The van der Waals surface area contributed by atoms with Crippen molar-refractivity contribution in [3.8, 4) is 23.6 Å². The summed E-state index contributed by atoms with van der Waals surface area (Å²) in [6.07, 6.45) is 7.93. The predicted octanol–water partition coefficient (Wildman–Crippen LogP) is 3.91. The summed E-state index contributed by atoms with van der Waals surface area (Å²) in [6, 6.07) is 4.72. The molecule has 3 aromatic heterocycles. The van der Waals surface area contributed by atoms with Gasteiger partial charge in [-0.05, 0) is 78.5 Å². The summed E-state index contributed by atoms with van der Waals surface area (Å²) in [6.45, 7) is 10.7. The molecule has 3 fully saturated rings. The van der Waals surface area contributed by atoms with E-state index in [4.69, 9.17) is 29.9 Å². The maximum Gasteiger partial charge on any atom is 0.319 e. The summed E-state index contributed by atoms with van der Waals surface area (Å²) in [5.41, 5.74) is 7.30. The minimum Gasteiger partial charge on any atom is -0.459 e. The molecule has 3 atom stereocenters. The zero-order valence-corrected chi connectivity index (χ0v) is 26.9. The average Bonchev–Trinajstić information content (AvgIpc) is 3.36. The monoisotopic (exact) mass is 629 g/mol. The number of ether oxygens (including phenoxy) is 1. The highest BCUT2D eigenvalue weighted by Gasteiger charge is 2.53. The number of likely N-dealkylation sites (tertiary alicyclic amines) is 1. The lowest BCUT2D eigenvalue weighted by Crippen LogP contribution is -2.57. The Kier molecular flexibility index (Phi) is 7.32. The molecule has 45 heavy (non-hydrogen) atoms. The highest BCUT2D eigenvalue weighted by molar-refractivity contribution is 7.16. The van der Waals surface area contributed by atoms with E-state index >= 15 is 0 Å². The topological polar surface area (TPSA) is 151 Å². The molecule has 2 N–H and O–H groups in total. The highest BCUT2D eigenvalue weighted by Crippen LogP contribution is 2.49. The van der Waals surface area contributed by atoms with E-state index in [2.05, 4.69) is 41.6 Å². The van der Waals surface area contributed by atoms with Gasteiger partial charge < -0.3 is 24.8 Å². The fraction of sp³-hybridized carbons (Fsp3) is 0.562. The van der Waals surface area contributed by atoms with Crippen molar-refractivity contribution in [2.75, 3.05) is 43.9 Å². The van der Waals surface area contributed by atoms with Crippen LogP contribution in [-0.2, 0) is 16.6 Å². The van der Waals surface area contributed by atoms with E-state index in [1.165, 1.54) is 17.4 Å². The Labute approximate surface area is 266 Å². The highest BCUT2D eigenvalue weighted by atomic mass is 32.1. The van der Waals surface area contributed by atoms with Gasteiger partial charge >= 0.3 is 6.01 Å². The van der Waals surface area contributed by atoms with Crippen LogP contribution in [0.4, 0.5) is 10.8 Å². The third-order valence-electron chi connectivity index (χ3n) is 10.2. The van der Waals surface area contributed by atoms with Crippen LogP contribution >= 0.6 is 11.3 Å². The van der Waals surface area contributed by atoms with Crippen molar-refractivity contribution in [2.24, 2.45) is 0 Å². The van der Waals surface area contributed by atoms with Crippen LogP contribution in [0.1, 0.15) is 74.3 Å². The molecule has 0 bridgehead atoms.